The maximum Gasteiger partial charge on any atom is 0.416 e. The lowest BCUT2D eigenvalue weighted by atomic mass is 10.0. The molecule has 0 fully saturated rings. The first kappa shape index (κ1) is 19.6. The molecule has 138 valence electrons. The van der Waals surface area contributed by atoms with Gasteiger partial charge < -0.3 is 5.32 Å². The van der Waals surface area contributed by atoms with Gasteiger partial charge in [-0.1, -0.05) is 12.1 Å². The highest BCUT2D eigenvalue weighted by Crippen LogP contribution is 2.32. The summed E-state index contributed by atoms with van der Waals surface area (Å²) >= 11 is 0. The summed E-state index contributed by atoms with van der Waals surface area (Å²) in [6.45, 7) is 4.36. The molecule has 5 nitrogen and oxygen atoms in total. The van der Waals surface area contributed by atoms with E-state index in [1.807, 2.05) is 0 Å². The second kappa shape index (κ2) is 7.63. The van der Waals surface area contributed by atoms with Crippen LogP contribution in [0.25, 0.3) is 0 Å². The Hall–Kier alpha value is -2.77. The van der Waals surface area contributed by atoms with Gasteiger partial charge in [-0.15, -0.1) is 0 Å². The minimum atomic E-state index is -4.45. The summed E-state index contributed by atoms with van der Waals surface area (Å²) in [4.78, 5) is 31.6. The van der Waals surface area contributed by atoms with Gasteiger partial charge in [-0.2, -0.15) is 13.2 Å². The number of amides is 1. The third-order valence-electron chi connectivity index (χ3n) is 3.60. The largest absolute Gasteiger partial charge is 0.416 e. The fourth-order valence-corrected chi connectivity index (χ4v) is 2.41. The van der Waals surface area contributed by atoms with Crippen LogP contribution in [0.5, 0.6) is 0 Å². The van der Waals surface area contributed by atoms with E-state index in [2.05, 4.69) is 15.3 Å². The van der Waals surface area contributed by atoms with Crippen molar-refractivity contribution in [3.05, 3.63) is 58.2 Å². The summed E-state index contributed by atoms with van der Waals surface area (Å²) in [5, 5.41) is 2.54. The van der Waals surface area contributed by atoms with Crippen molar-refractivity contribution in [1.29, 1.82) is 0 Å². The molecule has 1 aromatic carbocycles. The first-order chi connectivity index (χ1) is 12.1. The van der Waals surface area contributed by atoms with Crippen LogP contribution in [0.3, 0.4) is 0 Å². The van der Waals surface area contributed by atoms with Crippen LogP contribution >= 0.6 is 0 Å². The number of carbonyl (C=O) groups is 2. The number of benzene rings is 1. The molecule has 0 aliphatic rings. The van der Waals surface area contributed by atoms with Gasteiger partial charge in [-0.25, -0.2) is 9.97 Å². The van der Waals surface area contributed by atoms with Gasteiger partial charge in [-0.3, -0.25) is 9.59 Å². The van der Waals surface area contributed by atoms with Gasteiger partial charge in [-0.05, 0) is 44.0 Å². The predicted molar refractivity (Wildman–Crippen MR) is 88.5 cm³/mol. The third-order valence-corrected chi connectivity index (χ3v) is 3.60. The molecular weight excluding hydrogens is 347 g/mol. The molecule has 8 heteroatoms. The average Bonchev–Trinajstić information content (AvgIpc) is 2.51. The Labute approximate surface area is 148 Å². The number of nitrogens with one attached hydrogen (secondary N) is 1. The number of aromatic nitrogens is 2. The standard InChI is InChI=1S/C18H18F3N3O2/c1-10-4-5-13(8-14(10)18(19,20)21)9-22-17(26)15-6-11(2)23-16(24-15)7-12(3)25/h4-6,8H,7,9H2,1-3H3,(H,22,26). The number of nitrogens with zero attached hydrogens (tertiary/aromatic N) is 2. The highest BCUT2D eigenvalue weighted by Gasteiger charge is 2.32. The second-order valence-corrected chi connectivity index (χ2v) is 6.02. The first-order valence-corrected chi connectivity index (χ1v) is 7.85. The number of rotatable bonds is 5. The van der Waals surface area contributed by atoms with Crippen molar-refractivity contribution in [1.82, 2.24) is 15.3 Å². The van der Waals surface area contributed by atoms with Gasteiger partial charge in [0.15, 0.2) is 0 Å². The molecule has 0 aliphatic carbocycles. The van der Waals surface area contributed by atoms with E-state index in [1.54, 1.807) is 6.92 Å². The summed E-state index contributed by atoms with van der Waals surface area (Å²) in [6, 6.07) is 5.36. The monoisotopic (exact) mass is 365 g/mol. The Morgan fingerprint density at radius 1 is 1.12 bits per heavy atom. The molecule has 1 N–H and O–H groups in total. The van der Waals surface area contributed by atoms with E-state index >= 15 is 0 Å². The summed E-state index contributed by atoms with van der Waals surface area (Å²) < 4.78 is 38.9. The van der Waals surface area contributed by atoms with Crippen LogP contribution in [0, 0.1) is 13.8 Å². The number of alkyl halides is 3. The average molecular weight is 365 g/mol. The number of halogens is 3. The van der Waals surface area contributed by atoms with Crippen LogP contribution in [-0.2, 0) is 23.9 Å². The Kier molecular flexibility index (Phi) is 5.74. The van der Waals surface area contributed by atoms with E-state index in [0.717, 1.165) is 6.07 Å². The van der Waals surface area contributed by atoms with Gasteiger partial charge in [0.1, 0.15) is 17.3 Å². The van der Waals surface area contributed by atoms with Crippen molar-refractivity contribution in [2.75, 3.05) is 0 Å². The lowest BCUT2D eigenvalue weighted by Gasteiger charge is -2.12. The maximum atomic E-state index is 13.0. The molecule has 1 amide bonds. The molecule has 2 aromatic rings. The number of aryl methyl sites for hydroxylation is 2. The van der Waals surface area contributed by atoms with Crippen LogP contribution < -0.4 is 5.32 Å². The molecule has 0 radical (unpaired) electrons. The van der Waals surface area contributed by atoms with Crippen LogP contribution in [0.2, 0.25) is 0 Å². The first-order valence-electron chi connectivity index (χ1n) is 7.85. The lowest BCUT2D eigenvalue weighted by Crippen LogP contribution is -2.25. The van der Waals surface area contributed by atoms with E-state index in [-0.39, 0.29) is 35.8 Å². The summed E-state index contributed by atoms with van der Waals surface area (Å²) in [5.74, 6) is -0.451. The summed E-state index contributed by atoms with van der Waals surface area (Å²) in [5.41, 5.74) is 0.303. The van der Waals surface area contributed by atoms with Crippen molar-refractivity contribution < 1.29 is 22.8 Å². The Bertz CT molecular complexity index is 848. The molecule has 0 atom stereocenters. The van der Waals surface area contributed by atoms with Crippen molar-refractivity contribution >= 4 is 11.7 Å². The molecule has 0 saturated heterocycles. The number of Topliss-reactive ketones (excluding diaryl/α,β-unsaturated/α-hetero) is 1. The molecule has 2 rings (SSSR count). The SMILES string of the molecule is CC(=O)Cc1nc(C)cc(C(=O)NCc2ccc(C)c(C(F)(F)F)c2)n1. The highest BCUT2D eigenvalue weighted by molar-refractivity contribution is 5.92. The zero-order chi connectivity index (χ0) is 19.5. The molecular formula is C18H18F3N3O2. The Morgan fingerprint density at radius 3 is 2.42 bits per heavy atom. The lowest BCUT2D eigenvalue weighted by molar-refractivity contribution is -0.138. The van der Waals surface area contributed by atoms with Crippen LogP contribution in [0.4, 0.5) is 13.2 Å². The van der Waals surface area contributed by atoms with E-state index < -0.39 is 17.6 Å². The van der Waals surface area contributed by atoms with Crippen molar-refractivity contribution in [3.63, 3.8) is 0 Å². The van der Waals surface area contributed by atoms with Gasteiger partial charge in [0.2, 0.25) is 0 Å². The molecule has 0 bridgehead atoms. The fraction of sp³-hybridized carbons (Fsp3) is 0.333. The normalized spacial score (nSPS) is 11.3. The van der Waals surface area contributed by atoms with E-state index in [0.29, 0.717) is 11.3 Å². The number of hydrogen-bond acceptors (Lipinski definition) is 4. The van der Waals surface area contributed by atoms with Gasteiger partial charge in [0, 0.05) is 12.2 Å². The zero-order valence-electron chi connectivity index (χ0n) is 14.6. The van der Waals surface area contributed by atoms with E-state index in [4.69, 9.17) is 0 Å². The van der Waals surface area contributed by atoms with E-state index in [9.17, 15) is 22.8 Å². The quantitative estimate of drug-likeness (QED) is 0.883. The second-order valence-electron chi connectivity index (χ2n) is 6.02. The molecule has 0 saturated carbocycles. The Balaban J connectivity index is 2.14. The number of hydrogen-bond donors (Lipinski definition) is 1. The van der Waals surface area contributed by atoms with Gasteiger partial charge in [0.25, 0.3) is 5.91 Å². The van der Waals surface area contributed by atoms with Gasteiger partial charge in [0.05, 0.1) is 12.0 Å². The minimum Gasteiger partial charge on any atom is -0.347 e. The zero-order valence-corrected chi connectivity index (χ0v) is 14.6. The molecule has 0 unspecified atom stereocenters. The summed E-state index contributed by atoms with van der Waals surface area (Å²) in [6.07, 6.45) is -4.44. The van der Waals surface area contributed by atoms with Crippen molar-refractivity contribution in [3.8, 4) is 0 Å². The van der Waals surface area contributed by atoms with Crippen LogP contribution in [0.1, 0.15) is 45.6 Å². The van der Waals surface area contributed by atoms with E-state index in [1.165, 1.54) is 32.0 Å². The molecule has 1 heterocycles. The fourth-order valence-electron chi connectivity index (χ4n) is 2.41. The Morgan fingerprint density at radius 2 is 1.81 bits per heavy atom. The topological polar surface area (TPSA) is 72.0 Å². The predicted octanol–water partition coefficient (Wildman–Crippen LogP) is 3.17. The minimum absolute atomic E-state index is 0.00879. The van der Waals surface area contributed by atoms with Crippen LogP contribution in [0.15, 0.2) is 24.3 Å². The molecule has 0 aliphatic heterocycles. The summed E-state index contributed by atoms with van der Waals surface area (Å²) in [7, 11) is 0. The highest BCUT2D eigenvalue weighted by atomic mass is 19.4. The molecule has 0 spiro atoms. The van der Waals surface area contributed by atoms with Crippen molar-refractivity contribution in [2.45, 2.75) is 39.9 Å². The molecule has 26 heavy (non-hydrogen) atoms. The maximum absolute atomic E-state index is 13.0. The molecule has 1 aromatic heterocycles. The van der Waals surface area contributed by atoms with Gasteiger partial charge >= 0.3 is 6.18 Å². The number of carbonyl (C=O) groups excluding carboxylic acids is 2. The number of ketones is 1. The smallest absolute Gasteiger partial charge is 0.347 e. The van der Waals surface area contributed by atoms with Crippen LogP contribution in [-0.4, -0.2) is 21.7 Å². The van der Waals surface area contributed by atoms with Crippen molar-refractivity contribution in [2.24, 2.45) is 0 Å². The third kappa shape index (κ3) is 5.11.